The molecule has 0 bridgehead atoms. The van der Waals surface area contributed by atoms with Gasteiger partial charge in [-0.15, -0.1) is 13.2 Å². The van der Waals surface area contributed by atoms with Crippen LogP contribution in [-0.4, -0.2) is 89.0 Å². The molecule has 2 aromatic rings. The maximum absolute atomic E-state index is 14.1. The summed E-state index contributed by atoms with van der Waals surface area (Å²) in [6.45, 7) is 0.0420. The topological polar surface area (TPSA) is 186 Å². The van der Waals surface area contributed by atoms with Crippen molar-refractivity contribution in [1.29, 1.82) is 0 Å². The number of benzene rings is 2. The number of nitrogens with zero attached hydrogens (tertiary/aromatic N) is 2. The molecular formula is C31H33F3N4O8. The monoisotopic (exact) mass is 646 g/mol. The van der Waals surface area contributed by atoms with Crippen LogP contribution in [0.1, 0.15) is 23.1 Å². The molecule has 1 amide bonds. The molecule has 15 heteroatoms. The van der Waals surface area contributed by atoms with E-state index in [1.54, 1.807) is 25.1 Å². The highest BCUT2D eigenvalue weighted by molar-refractivity contribution is 6.24. The number of ether oxygens (including phenoxy) is 1. The van der Waals surface area contributed by atoms with Gasteiger partial charge in [-0.2, -0.15) is 0 Å². The third kappa shape index (κ3) is 5.18. The van der Waals surface area contributed by atoms with Gasteiger partial charge in [0.2, 0.25) is 5.78 Å². The van der Waals surface area contributed by atoms with E-state index in [4.69, 9.17) is 5.73 Å². The normalized spacial score (nSPS) is 24.4. The Bertz CT molecular complexity index is 1700. The van der Waals surface area contributed by atoms with E-state index in [1.165, 1.54) is 31.1 Å². The third-order valence-electron chi connectivity index (χ3n) is 8.82. The Morgan fingerprint density at radius 3 is 2.28 bits per heavy atom. The van der Waals surface area contributed by atoms with Gasteiger partial charge in [-0.3, -0.25) is 19.3 Å². The van der Waals surface area contributed by atoms with Crippen LogP contribution in [0.2, 0.25) is 0 Å². The zero-order chi connectivity index (χ0) is 34.0. The second-order valence-corrected chi connectivity index (χ2v) is 12.0. The number of primary amides is 1. The van der Waals surface area contributed by atoms with Crippen molar-refractivity contribution >= 4 is 34.6 Å². The van der Waals surface area contributed by atoms with Crippen LogP contribution in [0.4, 0.5) is 24.5 Å². The van der Waals surface area contributed by atoms with Crippen molar-refractivity contribution in [3.05, 3.63) is 63.9 Å². The molecule has 3 aliphatic rings. The highest BCUT2D eigenvalue weighted by atomic mass is 19.4. The van der Waals surface area contributed by atoms with Gasteiger partial charge in [-0.1, -0.05) is 12.1 Å². The van der Waals surface area contributed by atoms with Gasteiger partial charge in [0.05, 0.1) is 17.3 Å². The molecule has 46 heavy (non-hydrogen) atoms. The average molecular weight is 647 g/mol. The Labute approximate surface area is 261 Å². The standard InChI is InChI=1S/C31H33F3N4O8/c1-37(2)19-11-18(36-12-13-5-7-15(8-6-13)46-31(32,33)34)24(39)21-16(19)9-14-10-17-23(38(3)4)26(41)22(29(35)44)28(43)30(17,45)27(42)20(14)25(21)40/h5-8,11,14,17,23,36,39-40,43,45H,9-10,12H2,1-4H3,(H2,35,44)/t14-,17-,23-,30-/m0/s1. The summed E-state index contributed by atoms with van der Waals surface area (Å²) in [5, 5.41) is 48.8. The quantitative estimate of drug-likeness (QED) is 0.192. The van der Waals surface area contributed by atoms with E-state index in [2.05, 4.69) is 10.1 Å². The van der Waals surface area contributed by atoms with Gasteiger partial charge in [-0.25, -0.2) is 0 Å². The van der Waals surface area contributed by atoms with E-state index < -0.39 is 75.9 Å². The van der Waals surface area contributed by atoms with Gasteiger partial charge in [0.25, 0.3) is 5.91 Å². The van der Waals surface area contributed by atoms with E-state index in [9.17, 15) is 48.0 Å². The van der Waals surface area contributed by atoms with E-state index >= 15 is 0 Å². The van der Waals surface area contributed by atoms with Crippen molar-refractivity contribution in [3.8, 4) is 11.5 Å². The van der Waals surface area contributed by atoms with Crippen molar-refractivity contribution in [3.63, 3.8) is 0 Å². The number of Topliss-reactive ketones (excluding diaryl/α,β-unsaturated/α-hetero) is 2. The second-order valence-electron chi connectivity index (χ2n) is 12.0. The van der Waals surface area contributed by atoms with Crippen LogP contribution in [0.3, 0.4) is 0 Å². The van der Waals surface area contributed by atoms with Crippen LogP contribution in [0.5, 0.6) is 11.5 Å². The number of phenolic OH excluding ortho intramolecular Hbond substituents is 1. The Morgan fingerprint density at radius 1 is 1.11 bits per heavy atom. The summed E-state index contributed by atoms with van der Waals surface area (Å²) in [6, 6.07) is 5.50. The van der Waals surface area contributed by atoms with Crippen molar-refractivity contribution in [1.82, 2.24) is 4.90 Å². The summed E-state index contributed by atoms with van der Waals surface area (Å²) in [6.07, 6.45) is -4.78. The number of hydrogen-bond acceptors (Lipinski definition) is 11. The number of rotatable bonds is 7. The molecule has 1 saturated carbocycles. The fourth-order valence-corrected chi connectivity index (χ4v) is 6.83. The summed E-state index contributed by atoms with van der Waals surface area (Å²) in [5.41, 5.74) is 3.02. The molecular weight excluding hydrogens is 613 g/mol. The number of aliphatic hydroxyl groups is 3. The van der Waals surface area contributed by atoms with E-state index in [1.807, 2.05) is 0 Å². The molecule has 0 aliphatic heterocycles. The fraction of sp³-hybridized carbons (Fsp3) is 0.387. The lowest BCUT2D eigenvalue weighted by atomic mass is 9.57. The van der Waals surface area contributed by atoms with Crippen LogP contribution in [-0.2, 0) is 27.3 Å². The lowest BCUT2D eigenvalue weighted by Crippen LogP contribution is -2.65. The number of ketones is 2. The number of phenols is 1. The first-order chi connectivity index (χ1) is 21.4. The molecule has 0 saturated heterocycles. The van der Waals surface area contributed by atoms with Crippen LogP contribution in [0.25, 0.3) is 5.76 Å². The number of likely N-dealkylation sites (N-methyl/N-ethyl adjacent to an activating group) is 1. The maximum Gasteiger partial charge on any atom is 0.573 e. The molecule has 246 valence electrons. The number of aromatic hydroxyl groups is 1. The van der Waals surface area contributed by atoms with E-state index in [0.29, 0.717) is 16.8 Å². The maximum atomic E-state index is 14.1. The molecule has 0 unspecified atom stereocenters. The number of hydrogen-bond donors (Lipinski definition) is 6. The summed E-state index contributed by atoms with van der Waals surface area (Å²) < 4.78 is 41.4. The molecule has 4 atom stereocenters. The Morgan fingerprint density at radius 2 is 1.74 bits per heavy atom. The first kappa shape index (κ1) is 32.6. The zero-order valence-corrected chi connectivity index (χ0v) is 25.3. The fourth-order valence-electron chi connectivity index (χ4n) is 6.83. The first-order valence-electron chi connectivity index (χ1n) is 14.2. The van der Waals surface area contributed by atoms with E-state index in [0.717, 1.165) is 12.1 Å². The summed E-state index contributed by atoms with van der Waals surface area (Å²) in [5.74, 6) is -7.89. The molecule has 3 aliphatic carbocycles. The van der Waals surface area contributed by atoms with Gasteiger partial charge in [-0.05, 0) is 62.2 Å². The third-order valence-corrected chi connectivity index (χ3v) is 8.82. The molecule has 0 heterocycles. The Hall–Kier alpha value is -4.76. The molecule has 0 spiro atoms. The highest BCUT2D eigenvalue weighted by Gasteiger charge is 2.64. The SMILES string of the molecule is CN(C)c1cc(NCc2ccc(OC(F)(F)F)cc2)c(O)c2c1C[C@H]1C[C@H]3[C@H](N(C)C)C(=O)C(C(N)=O)=C(O)[C@@]3(O)C(=O)C1=C2O. The molecule has 5 rings (SSSR count). The van der Waals surface area contributed by atoms with Gasteiger partial charge >= 0.3 is 6.36 Å². The molecule has 0 aromatic heterocycles. The number of fused-ring (bicyclic) bond motifs is 3. The number of alkyl halides is 3. The Kier molecular flexibility index (Phi) is 7.97. The first-order valence-corrected chi connectivity index (χ1v) is 14.2. The largest absolute Gasteiger partial charge is 0.573 e. The number of nitrogens with one attached hydrogen (secondary N) is 1. The number of aliphatic hydroxyl groups excluding tert-OH is 2. The summed E-state index contributed by atoms with van der Waals surface area (Å²) in [4.78, 5) is 42.7. The zero-order valence-electron chi connectivity index (χ0n) is 25.3. The van der Waals surface area contributed by atoms with Crippen LogP contribution < -0.4 is 20.7 Å². The van der Waals surface area contributed by atoms with Crippen molar-refractivity contribution in [2.45, 2.75) is 37.4 Å². The molecule has 12 nitrogen and oxygen atoms in total. The Balaban J connectivity index is 1.58. The van der Waals surface area contributed by atoms with Crippen LogP contribution in [0.15, 0.2) is 47.2 Å². The predicted molar refractivity (Wildman–Crippen MR) is 159 cm³/mol. The average Bonchev–Trinajstić information content (AvgIpc) is 2.94. The van der Waals surface area contributed by atoms with Crippen LogP contribution >= 0.6 is 0 Å². The van der Waals surface area contributed by atoms with Crippen LogP contribution in [0, 0.1) is 11.8 Å². The lowest BCUT2D eigenvalue weighted by molar-refractivity contribution is -0.274. The number of nitrogens with two attached hydrogens (primary N) is 1. The number of amides is 1. The molecule has 0 radical (unpaired) electrons. The smallest absolute Gasteiger partial charge is 0.508 e. The van der Waals surface area contributed by atoms with Gasteiger partial charge in [0.1, 0.15) is 28.6 Å². The minimum atomic E-state index is -4.84. The number of carbonyl (C=O) groups is 3. The minimum Gasteiger partial charge on any atom is -0.508 e. The lowest BCUT2D eigenvalue weighted by Gasteiger charge is -2.50. The summed E-state index contributed by atoms with van der Waals surface area (Å²) >= 11 is 0. The van der Waals surface area contributed by atoms with Gasteiger partial charge < -0.3 is 41.1 Å². The van der Waals surface area contributed by atoms with Gasteiger partial charge in [0.15, 0.2) is 11.4 Å². The minimum absolute atomic E-state index is 0.0420. The van der Waals surface area contributed by atoms with Gasteiger partial charge in [0, 0.05) is 37.8 Å². The number of anilines is 2. The van der Waals surface area contributed by atoms with Crippen molar-refractivity contribution in [2.24, 2.45) is 17.6 Å². The second kappa shape index (κ2) is 11.2. The molecule has 2 aromatic carbocycles. The van der Waals surface area contributed by atoms with E-state index in [-0.39, 0.29) is 36.2 Å². The number of carbonyl (C=O) groups excluding carboxylic acids is 3. The summed E-state index contributed by atoms with van der Waals surface area (Å²) in [7, 11) is 6.50. The number of halogens is 3. The van der Waals surface area contributed by atoms with Crippen molar-refractivity contribution in [2.75, 3.05) is 38.4 Å². The molecule has 7 N–H and O–H groups in total. The van der Waals surface area contributed by atoms with Crippen molar-refractivity contribution < 1.29 is 52.7 Å². The molecule has 1 fully saturated rings. The predicted octanol–water partition coefficient (Wildman–Crippen LogP) is 2.54. The highest BCUT2D eigenvalue weighted by Crippen LogP contribution is 2.54.